The Balaban J connectivity index is 2.20. The van der Waals surface area contributed by atoms with E-state index in [9.17, 15) is 0 Å². The number of rotatable bonds is 6. The van der Waals surface area contributed by atoms with Gasteiger partial charge < -0.3 is 10.1 Å². The number of hydrogen-bond donors (Lipinski definition) is 1. The molecule has 0 aromatic carbocycles. The van der Waals surface area contributed by atoms with E-state index in [-0.39, 0.29) is 0 Å². The van der Waals surface area contributed by atoms with Crippen LogP contribution in [0.3, 0.4) is 0 Å². The Labute approximate surface area is 129 Å². The van der Waals surface area contributed by atoms with E-state index in [4.69, 9.17) is 4.74 Å². The Kier molecular flexibility index (Phi) is 5.31. The molecule has 1 aliphatic carbocycles. The molecule has 0 aliphatic heterocycles. The van der Waals surface area contributed by atoms with Crippen molar-refractivity contribution in [3.05, 3.63) is 11.9 Å². The molecule has 4 heteroatoms. The van der Waals surface area contributed by atoms with E-state index in [1.165, 1.54) is 31.4 Å². The highest BCUT2D eigenvalue weighted by atomic mass is 16.5. The topological polar surface area (TPSA) is 39.1 Å². The Hall–Kier alpha value is -1.03. The number of nitrogens with zero attached hydrogens (tertiary/aromatic N) is 2. The molecular weight excluding hydrogens is 262 g/mol. The van der Waals surface area contributed by atoms with Crippen molar-refractivity contribution in [3.8, 4) is 5.75 Å². The molecule has 1 N–H and O–H groups in total. The molecule has 120 valence electrons. The first kappa shape index (κ1) is 16.3. The maximum atomic E-state index is 5.54. The van der Waals surface area contributed by atoms with Gasteiger partial charge in [-0.25, -0.2) is 0 Å². The largest absolute Gasteiger partial charge is 0.493 e. The summed E-state index contributed by atoms with van der Waals surface area (Å²) in [6.45, 7) is 8.04. The van der Waals surface area contributed by atoms with Crippen molar-refractivity contribution in [3.63, 3.8) is 0 Å². The van der Waals surface area contributed by atoms with E-state index in [1.807, 2.05) is 17.9 Å². The van der Waals surface area contributed by atoms with Crippen LogP contribution >= 0.6 is 0 Å². The van der Waals surface area contributed by atoms with Crippen LogP contribution in [-0.4, -0.2) is 23.4 Å². The molecule has 1 heterocycles. The number of hydrogen-bond acceptors (Lipinski definition) is 3. The van der Waals surface area contributed by atoms with Crippen molar-refractivity contribution in [1.29, 1.82) is 0 Å². The predicted octanol–water partition coefficient (Wildman–Crippen LogP) is 3.69. The second-order valence-electron chi connectivity index (χ2n) is 7.16. The van der Waals surface area contributed by atoms with E-state index in [2.05, 4.69) is 31.2 Å². The van der Waals surface area contributed by atoms with Gasteiger partial charge in [-0.2, -0.15) is 5.10 Å². The zero-order valence-corrected chi connectivity index (χ0v) is 14.3. The average molecular weight is 293 g/mol. The summed E-state index contributed by atoms with van der Waals surface area (Å²) < 4.78 is 7.51. The second-order valence-corrected chi connectivity index (χ2v) is 7.16. The van der Waals surface area contributed by atoms with Gasteiger partial charge in [-0.3, -0.25) is 4.68 Å². The maximum absolute atomic E-state index is 5.54. The molecule has 21 heavy (non-hydrogen) atoms. The van der Waals surface area contributed by atoms with Gasteiger partial charge >= 0.3 is 0 Å². The molecule has 0 bridgehead atoms. The third kappa shape index (κ3) is 3.79. The third-order valence-electron chi connectivity index (χ3n) is 4.93. The van der Waals surface area contributed by atoms with Gasteiger partial charge in [-0.1, -0.05) is 20.8 Å². The zero-order chi connectivity index (χ0) is 15.5. The van der Waals surface area contributed by atoms with Crippen LogP contribution in [0.4, 0.5) is 0 Å². The first-order chi connectivity index (χ1) is 9.98. The van der Waals surface area contributed by atoms with Gasteiger partial charge in [-0.15, -0.1) is 0 Å². The first-order valence-corrected chi connectivity index (χ1v) is 8.28. The summed E-state index contributed by atoms with van der Waals surface area (Å²) in [6, 6.07) is 0.350. The van der Waals surface area contributed by atoms with Crippen LogP contribution in [0.15, 0.2) is 6.20 Å². The zero-order valence-electron chi connectivity index (χ0n) is 14.3. The summed E-state index contributed by atoms with van der Waals surface area (Å²) in [6.07, 6.45) is 8.16. The number of ether oxygens (including phenoxy) is 1. The molecule has 1 aliphatic rings. The molecule has 1 saturated carbocycles. The molecule has 1 aromatic heterocycles. The molecule has 1 atom stereocenters. The van der Waals surface area contributed by atoms with Gasteiger partial charge in [0.15, 0.2) is 5.75 Å². The summed E-state index contributed by atoms with van der Waals surface area (Å²) in [5.74, 6) is 1.59. The number of nitrogens with one attached hydrogen (secondary N) is 1. The Morgan fingerprint density at radius 2 is 2.10 bits per heavy atom. The predicted molar refractivity (Wildman–Crippen MR) is 86.5 cm³/mol. The maximum Gasteiger partial charge on any atom is 0.161 e. The minimum atomic E-state index is 0.350. The minimum absolute atomic E-state index is 0.350. The third-order valence-corrected chi connectivity index (χ3v) is 4.93. The standard InChI is InChI=1S/C17H31N3O/c1-6-11-18-15(13-7-9-17(2,3)10-8-13)16-14(21-5)12-19-20(16)4/h12-13,15,18H,6-11H2,1-5H3. The van der Waals surface area contributed by atoms with Crippen molar-refractivity contribution in [1.82, 2.24) is 15.1 Å². The van der Waals surface area contributed by atoms with Gasteiger partial charge in [0.2, 0.25) is 0 Å². The average Bonchev–Trinajstić information content (AvgIpc) is 2.82. The summed E-state index contributed by atoms with van der Waals surface area (Å²) >= 11 is 0. The van der Waals surface area contributed by atoms with Gasteiger partial charge in [0.25, 0.3) is 0 Å². The van der Waals surface area contributed by atoms with Crippen LogP contribution in [0.25, 0.3) is 0 Å². The number of aromatic nitrogens is 2. The summed E-state index contributed by atoms with van der Waals surface area (Å²) in [5, 5.41) is 8.14. The summed E-state index contributed by atoms with van der Waals surface area (Å²) in [4.78, 5) is 0. The highest BCUT2D eigenvalue weighted by Gasteiger charge is 2.34. The molecule has 1 unspecified atom stereocenters. The molecule has 4 nitrogen and oxygen atoms in total. The smallest absolute Gasteiger partial charge is 0.161 e. The van der Waals surface area contributed by atoms with Gasteiger partial charge in [0.1, 0.15) is 0 Å². The van der Waals surface area contributed by atoms with E-state index in [0.717, 1.165) is 18.7 Å². The lowest BCUT2D eigenvalue weighted by Crippen LogP contribution is -2.34. The SMILES string of the molecule is CCCNC(c1c(OC)cnn1C)C1CCC(C)(C)CC1. The van der Waals surface area contributed by atoms with E-state index in [1.54, 1.807) is 7.11 Å². The van der Waals surface area contributed by atoms with Crippen molar-refractivity contribution in [2.24, 2.45) is 18.4 Å². The van der Waals surface area contributed by atoms with Crippen molar-refractivity contribution in [2.75, 3.05) is 13.7 Å². The summed E-state index contributed by atoms with van der Waals surface area (Å²) in [7, 11) is 3.76. The van der Waals surface area contributed by atoms with Crippen molar-refractivity contribution >= 4 is 0 Å². The molecule has 0 spiro atoms. The van der Waals surface area contributed by atoms with E-state index >= 15 is 0 Å². The Morgan fingerprint density at radius 3 is 2.67 bits per heavy atom. The lowest BCUT2D eigenvalue weighted by Gasteiger charge is -2.38. The van der Waals surface area contributed by atoms with Crippen LogP contribution in [0.5, 0.6) is 5.75 Å². The number of aryl methyl sites for hydroxylation is 1. The highest BCUT2D eigenvalue weighted by molar-refractivity contribution is 5.29. The minimum Gasteiger partial charge on any atom is -0.493 e. The molecule has 0 radical (unpaired) electrons. The normalized spacial score (nSPS) is 20.4. The van der Waals surface area contributed by atoms with Crippen LogP contribution < -0.4 is 10.1 Å². The number of methoxy groups -OCH3 is 1. The van der Waals surface area contributed by atoms with E-state index in [0.29, 0.717) is 17.4 Å². The van der Waals surface area contributed by atoms with Gasteiger partial charge in [0, 0.05) is 7.05 Å². The van der Waals surface area contributed by atoms with Crippen molar-refractivity contribution in [2.45, 2.75) is 58.9 Å². The van der Waals surface area contributed by atoms with Gasteiger partial charge in [0.05, 0.1) is 25.0 Å². The van der Waals surface area contributed by atoms with Gasteiger partial charge in [-0.05, 0) is 50.0 Å². The van der Waals surface area contributed by atoms with Crippen molar-refractivity contribution < 1.29 is 4.74 Å². The van der Waals surface area contributed by atoms with Crippen LogP contribution in [-0.2, 0) is 7.05 Å². The molecule has 1 fully saturated rings. The molecule has 1 aromatic rings. The fraction of sp³-hybridized carbons (Fsp3) is 0.824. The summed E-state index contributed by atoms with van der Waals surface area (Å²) in [5.41, 5.74) is 1.71. The first-order valence-electron chi connectivity index (χ1n) is 8.28. The Morgan fingerprint density at radius 1 is 1.43 bits per heavy atom. The Bertz CT molecular complexity index is 443. The van der Waals surface area contributed by atoms with Crippen LogP contribution in [0.1, 0.15) is 64.6 Å². The molecular formula is C17H31N3O. The van der Waals surface area contributed by atoms with Crippen LogP contribution in [0.2, 0.25) is 0 Å². The molecule has 2 rings (SSSR count). The van der Waals surface area contributed by atoms with E-state index < -0.39 is 0 Å². The fourth-order valence-electron chi connectivity index (χ4n) is 3.48. The lowest BCUT2D eigenvalue weighted by atomic mass is 9.70. The second kappa shape index (κ2) is 6.82. The highest BCUT2D eigenvalue weighted by Crippen LogP contribution is 2.44. The fourth-order valence-corrected chi connectivity index (χ4v) is 3.48. The lowest BCUT2D eigenvalue weighted by molar-refractivity contribution is 0.157. The van der Waals surface area contributed by atoms with Crippen LogP contribution in [0, 0.1) is 11.3 Å². The quantitative estimate of drug-likeness (QED) is 0.869. The monoisotopic (exact) mass is 293 g/mol. The molecule has 0 amide bonds. The molecule has 0 saturated heterocycles.